The second-order valence-corrected chi connectivity index (χ2v) is 3.82. The van der Waals surface area contributed by atoms with Gasteiger partial charge in [-0.05, 0) is 6.07 Å². The van der Waals surface area contributed by atoms with E-state index < -0.39 is 23.5 Å². The topological polar surface area (TPSA) is 122 Å². The number of likely N-dealkylation sites (N-methyl/N-ethyl adjacent to an activating group) is 1. The van der Waals surface area contributed by atoms with Gasteiger partial charge in [0.05, 0.1) is 17.7 Å². The van der Waals surface area contributed by atoms with Gasteiger partial charge in [0.1, 0.15) is 12.3 Å². The molecule has 1 aromatic rings. The zero-order valence-electron chi connectivity index (χ0n) is 10.8. The number of urea groups is 1. The maximum atomic E-state index is 11.7. The number of methoxy groups -OCH3 is 1. The summed E-state index contributed by atoms with van der Waals surface area (Å²) in [5.74, 6) is -0.943. The number of carbonyl (C=O) groups is 2. The van der Waals surface area contributed by atoms with Gasteiger partial charge in [-0.1, -0.05) is 0 Å². The Labute approximate surface area is 113 Å². The molecular formula is C11H13N3O6. The van der Waals surface area contributed by atoms with E-state index in [-0.39, 0.29) is 17.1 Å². The number of rotatable bonds is 5. The predicted octanol–water partition coefficient (Wildman–Crippen LogP) is 1.15. The van der Waals surface area contributed by atoms with Crippen LogP contribution >= 0.6 is 0 Å². The van der Waals surface area contributed by atoms with Crippen molar-refractivity contribution in [2.45, 2.75) is 0 Å². The molecule has 9 heteroatoms. The minimum absolute atomic E-state index is 0.0870. The largest absolute Gasteiger partial charge is 0.495 e. The molecule has 1 rings (SSSR count). The zero-order valence-corrected chi connectivity index (χ0v) is 10.8. The minimum atomic E-state index is -1.17. The third-order valence-corrected chi connectivity index (χ3v) is 2.35. The number of nitrogens with zero attached hydrogens (tertiary/aromatic N) is 2. The van der Waals surface area contributed by atoms with Gasteiger partial charge in [0.25, 0.3) is 5.69 Å². The van der Waals surface area contributed by atoms with Crippen molar-refractivity contribution in [2.75, 3.05) is 26.0 Å². The Morgan fingerprint density at radius 2 is 2.15 bits per heavy atom. The van der Waals surface area contributed by atoms with Crippen molar-refractivity contribution < 1.29 is 24.4 Å². The number of nitrogens with one attached hydrogen (secondary N) is 1. The Kier molecular flexibility index (Phi) is 4.84. The van der Waals surface area contributed by atoms with Gasteiger partial charge in [-0.15, -0.1) is 0 Å². The number of carbonyl (C=O) groups excluding carboxylic acids is 1. The molecule has 2 N–H and O–H groups in total. The molecule has 0 atom stereocenters. The Bertz CT molecular complexity index is 545. The number of ether oxygens (including phenoxy) is 1. The van der Waals surface area contributed by atoms with Crippen LogP contribution in [0.3, 0.4) is 0 Å². The second kappa shape index (κ2) is 6.36. The number of carboxylic acid groups (broad SMARTS) is 1. The quantitative estimate of drug-likeness (QED) is 0.617. The molecule has 108 valence electrons. The first-order valence-electron chi connectivity index (χ1n) is 5.41. The lowest BCUT2D eigenvalue weighted by Gasteiger charge is -2.16. The molecule has 0 aliphatic carbocycles. The molecule has 0 fully saturated rings. The lowest BCUT2D eigenvalue weighted by molar-refractivity contribution is -0.384. The van der Waals surface area contributed by atoms with Crippen LogP contribution in [0.5, 0.6) is 5.75 Å². The van der Waals surface area contributed by atoms with Crippen LogP contribution < -0.4 is 10.1 Å². The Morgan fingerprint density at radius 1 is 1.50 bits per heavy atom. The molecule has 0 saturated heterocycles. The number of nitro groups is 1. The third kappa shape index (κ3) is 3.83. The van der Waals surface area contributed by atoms with E-state index in [2.05, 4.69) is 5.32 Å². The van der Waals surface area contributed by atoms with Crippen LogP contribution in [0.25, 0.3) is 0 Å². The number of aliphatic carboxylic acids is 1. The first-order valence-corrected chi connectivity index (χ1v) is 5.41. The average molecular weight is 283 g/mol. The number of non-ortho nitro benzene ring substituents is 1. The van der Waals surface area contributed by atoms with E-state index in [0.717, 1.165) is 11.0 Å². The van der Waals surface area contributed by atoms with Crippen molar-refractivity contribution >= 4 is 23.4 Å². The van der Waals surface area contributed by atoms with Gasteiger partial charge >= 0.3 is 12.0 Å². The summed E-state index contributed by atoms with van der Waals surface area (Å²) in [6, 6.07) is 2.98. The molecule has 2 amide bonds. The first kappa shape index (κ1) is 15.2. The summed E-state index contributed by atoms with van der Waals surface area (Å²) in [5.41, 5.74) is -0.133. The average Bonchev–Trinajstić information content (AvgIpc) is 2.37. The van der Waals surface area contributed by atoms with Crippen molar-refractivity contribution in [3.8, 4) is 5.75 Å². The number of hydrogen-bond acceptors (Lipinski definition) is 5. The maximum Gasteiger partial charge on any atom is 0.323 e. The van der Waals surface area contributed by atoms with Gasteiger partial charge in [-0.3, -0.25) is 14.9 Å². The van der Waals surface area contributed by atoms with Crippen LogP contribution in [0, 0.1) is 10.1 Å². The summed E-state index contributed by atoms with van der Waals surface area (Å²) in [6.07, 6.45) is 0. The van der Waals surface area contributed by atoms with Crippen molar-refractivity contribution in [3.63, 3.8) is 0 Å². The minimum Gasteiger partial charge on any atom is -0.495 e. The van der Waals surface area contributed by atoms with Crippen LogP contribution in [0.15, 0.2) is 18.2 Å². The summed E-state index contributed by atoms with van der Waals surface area (Å²) in [6.45, 7) is -0.497. The van der Waals surface area contributed by atoms with Crippen LogP contribution in [0.2, 0.25) is 0 Å². The van der Waals surface area contributed by atoms with Gasteiger partial charge in [-0.25, -0.2) is 4.79 Å². The van der Waals surface area contributed by atoms with Gasteiger partial charge in [-0.2, -0.15) is 0 Å². The number of amides is 2. The Morgan fingerprint density at radius 3 is 2.65 bits per heavy atom. The van der Waals surface area contributed by atoms with Gasteiger partial charge in [0.2, 0.25) is 0 Å². The molecule has 0 aliphatic rings. The van der Waals surface area contributed by atoms with Gasteiger partial charge in [0.15, 0.2) is 0 Å². The molecule has 0 radical (unpaired) electrons. The molecule has 0 spiro atoms. The molecule has 0 saturated carbocycles. The standard InChI is InChI=1S/C11H13N3O6/c1-13(6-10(15)16)11(17)12-8-5-7(14(18)19)3-4-9(8)20-2/h3-5H,6H2,1-2H3,(H,12,17)(H,15,16). The van der Waals surface area contributed by atoms with Crippen molar-refractivity contribution in [1.82, 2.24) is 4.90 Å². The summed E-state index contributed by atoms with van der Waals surface area (Å²) in [4.78, 5) is 33.2. The molecule has 9 nitrogen and oxygen atoms in total. The summed E-state index contributed by atoms with van der Waals surface area (Å²) in [7, 11) is 2.63. The Hall–Kier alpha value is -2.84. The number of carboxylic acids is 1. The van der Waals surface area contributed by atoms with E-state index in [9.17, 15) is 19.7 Å². The highest BCUT2D eigenvalue weighted by molar-refractivity contribution is 5.92. The Balaban J connectivity index is 2.94. The van der Waals surface area contributed by atoms with E-state index in [1.165, 1.54) is 26.3 Å². The fourth-order valence-electron chi connectivity index (χ4n) is 1.39. The monoisotopic (exact) mass is 283 g/mol. The predicted molar refractivity (Wildman–Crippen MR) is 68.9 cm³/mol. The summed E-state index contributed by atoms with van der Waals surface area (Å²) >= 11 is 0. The van der Waals surface area contributed by atoms with E-state index in [0.29, 0.717) is 0 Å². The van der Waals surface area contributed by atoms with Crippen molar-refractivity contribution in [1.29, 1.82) is 0 Å². The number of benzene rings is 1. The lowest BCUT2D eigenvalue weighted by atomic mass is 10.2. The van der Waals surface area contributed by atoms with Gasteiger partial charge < -0.3 is 20.1 Å². The van der Waals surface area contributed by atoms with Crippen LogP contribution in [0.4, 0.5) is 16.2 Å². The van der Waals surface area contributed by atoms with E-state index in [4.69, 9.17) is 9.84 Å². The van der Waals surface area contributed by atoms with Crippen LogP contribution in [0.1, 0.15) is 0 Å². The van der Waals surface area contributed by atoms with Crippen LogP contribution in [-0.2, 0) is 4.79 Å². The fourth-order valence-corrected chi connectivity index (χ4v) is 1.39. The third-order valence-electron chi connectivity index (χ3n) is 2.35. The molecular weight excluding hydrogens is 270 g/mol. The summed E-state index contributed by atoms with van der Waals surface area (Å²) < 4.78 is 4.97. The molecule has 0 aromatic heterocycles. The van der Waals surface area contributed by atoms with E-state index >= 15 is 0 Å². The SMILES string of the molecule is COc1ccc([N+](=O)[O-])cc1NC(=O)N(C)CC(=O)O. The highest BCUT2D eigenvalue weighted by atomic mass is 16.6. The van der Waals surface area contributed by atoms with E-state index in [1.807, 2.05) is 0 Å². The lowest BCUT2D eigenvalue weighted by Crippen LogP contribution is -2.35. The second-order valence-electron chi connectivity index (χ2n) is 3.82. The highest BCUT2D eigenvalue weighted by Gasteiger charge is 2.17. The normalized spacial score (nSPS) is 9.70. The molecule has 0 aliphatic heterocycles. The highest BCUT2D eigenvalue weighted by Crippen LogP contribution is 2.28. The van der Waals surface area contributed by atoms with Crippen LogP contribution in [-0.4, -0.2) is 47.6 Å². The molecule has 0 bridgehead atoms. The molecule has 20 heavy (non-hydrogen) atoms. The zero-order chi connectivity index (χ0) is 15.3. The van der Waals surface area contributed by atoms with Gasteiger partial charge in [0, 0.05) is 19.2 Å². The summed E-state index contributed by atoms with van der Waals surface area (Å²) in [5, 5.41) is 21.6. The number of anilines is 1. The molecule has 1 aromatic carbocycles. The number of nitro benzene ring substituents is 1. The van der Waals surface area contributed by atoms with Crippen molar-refractivity contribution in [3.05, 3.63) is 28.3 Å². The van der Waals surface area contributed by atoms with E-state index in [1.54, 1.807) is 0 Å². The molecule has 0 heterocycles. The first-order chi connectivity index (χ1) is 9.35. The molecule has 0 unspecified atom stereocenters. The maximum absolute atomic E-state index is 11.7. The smallest absolute Gasteiger partial charge is 0.323 e. The fraction of sp³-hybridized carbons (Fsp3) is 0.273. The number of hydrogen-bond donors (Lipinski definition) is 2. The van der Waals surface area contributed by atoms with Crippen molar-refractivity contribution in [2.24, 2.45) is 0 Å².